The number of nitrogens with one attached hydrogen (secondary N) is 1. The van der Waals surface area contributed by atoms with E-state index in [2.05, 4.69) is 4.98 Å². The van der Waals surface area contributed by atoms with Gasteiger partial charge in [0, 0.05) is 11.8 Å². The van der Waals surface area contributed by atoms with Gasteiger partial charge in [0.1, 0.15) is 0 Å². The molecule has 0 saturated carbocycles. The average molecular weight is 155 g/mol. The van der Waals surface area contributed by atoms with Gasteiger partial charge in [0.25, 0.3) is 11.9 Å². The summed E-state index contributed by atoms with van der Waals surface area (Å²) in [4.78, 5) is 23.5. The smallest absolute Gasteiger partial charge is 0.358 e. The molecule has 0 aliphatic carbocycles. The number of hydrogen-bond donors (Lipinski definition) is 2. The Hall–Kier alpha value is -1.65. The minimum Gasteiger partial charge on any atom is -0.476 e. The molecule has 0 amide bonds. The molecule has 0 atom stereocenters. The molecule has 0 saturated heterocycles. The minimum atomic E-state index is -1.14. The summed E-state index contributed by atoms with van der Waals surface area (Å²) in [5.41, 5.74) is 0.306. The van der Waals surface area contributed by atoms with Crippen LogP contribution in [-0.2, 0) is 0 Å². The van der Waals surface area contributed by atoms with Gasteiger partial charge in [0.05, 0.1) is 10.6 Å². The van der Waals surface area contributed by atoms with Crippen LogP contribution in [0, 0.1) is 11.8 Å². The van der Waals surface area contributed by atoms with Crippen LogP contribution >= 0.6 is 0 Å². The lowest BCUT2D eigenvalue weighted by molar-refractivity contribution is -0.503. The number of rotatable bonds is 1. The number of carboxylic acid groups (broad SMARTS) is 1. The van der Waals surface area contributed by atoms with Crippen molar-refractivity contribution in [1.29, 1.82) is 0 Å². The number of carboxylic acids is 1. The Labute approximate surface area is 61.9 Å². The number of nitrogens with zero attached hydrogens (tertiary/aromatic N) is 1. The first kappa shape index (κ1) is 7.46. The van der Waals surface area contributed by atoms with Crippen LogP contribution in [0.5, 0.6) is 0 Å². The second-order valence-electron chi connectivity index (χ2n) is 2.10. The summed E-state index contributed by atoms with van der Waals surface area (Å²) in [5, 5.41) is 8.42. The fraction of sp³-hybridized carbons (Fsp3) is 0.167. The van der Waals surface area contributed by atoms with Gasteiger partial charge in [0.15, 0.2) is 5.69 Å². The summed E-state index contributed by atoms with van der Waals surface area (Å²) in [5.74, 6) is -1.14. The molecule has 0 aliphatic heterocycles. The van der Waals surface area contributed by atoms with E-state index in [4.69, 9.17) is 5.11 Å². The topological polar surface area (TPSA) is 76.1 Å². The number of aryl methyl sites for hydroxylation is 1. The van der Waals surface area contributed by atoms with Crippen molar-refractivity contribution in [3.05, 3.63) is 28.7 Å². The third-order valence-corrected chi connectivity index (χ3v) is 1.26. The Balaban J connectivity index is 3.26. The molecule has 0 bridgehead atoms. The van der Waals surface area contributed by atoms with E-state index in [1.54, 1.807) is 6.92 Å². The van der Waals surface area contributed by atoms with Gasteiger partial charge in [-0.2, -0.15) is 0 Å². The van der Waals surface area contributed by atoms with Crippen LogP contribution in [-0.4, -0.2) is 16.1 Å². The molecule has 0 aromatic carbocycles. The van der Waals surface area contributed by atoms with Crippen LogP contribution in [0.25, 0.3) is 0 Å². The van der Waals surface area contributed by atoms with Crippen LogP contribution in [0.15, 0.2) is 12.4 Å². The Morgan fingerprint density at radius 1 is 1.73 bits per heavy atom. The van der Waals surface area contributed by atoms with Gasteiger partial charge in [-0.1, -0.05) is 0 Å². The summed E-state index contributed by atoms with van der Waals surface area (Å²) in [6, 6.07) is 0. The number of carbonyl (C=O) groups is 1. The molecule has 58 valence electrons. The maximum atomic E-state index is 10.8. The SMILES string of the molecule is Cc1c[nH]c(C(=O)O)c[n+]1=O. The molecular formula is C6H7N2O3+. The lowest BCUT2D eigenvalue weighted by Gasteiger charge is -1.87. The van der Waals surface area contributed by atoms with E-state index in [1.807, 2.05) is 0 Å². The molecule has 0 spiro atoms. The summed E-state index contributed by atoms with van der Waals surface area (Å²) < 4.78 is 0.500. The molecule has 1 heterocycles. The molecular weight excluding hydrogens is 148 g/mol. The minimum absolute atomic E-state index is 0.120. The van der Waals surface area contributed by atoms with Gasteiger partial charge >= 0.3 is 5.97 Å². The third-order valence-electron chi connectivity index (χ3n) is 1.26. The Kier molecular flexibility index (Phi) is 1.72. The van der Waals surface area contributed by atoms with Gasteiger partial charge < -0.3 is 10.1 Å². The van der Waals surface area contributed by atoms with Crippen molar-refractivity contribution in [2.24, 2.45) is 0 Å². The molecule has 11 heavy (non-hydrogen) atoms. The van der Waals surface area contributed by atoms with Crippen molar-refractivity contribution < 1.29 is 14.3 Å². The molecule has 5 nitrogen and oxygen atoms in total. The van der Waals surface area contributed by atoms with Crippen molar-refractivity contribution >= 4 is 5.97 Å². The van der Waals surface area contributed by atoms with Crippen LogP contribution in [0.1, 0.15) is 16.2 Å². The summed E-state index contributed by atoms with van der Waals surface area (Å²) in [7, 11) is 0. The third kappa shape index (κ3) is 1.43. The van der Waals surface area contributed by atoms with E-state index in [0.29, 0.717) is 10.1 Å². The largest absolute Gasteiger partial charge is 0.476 e. The van der Waals surface area contributed by atoms with Crippen molar-refractivity contribution in [2.75, 3.05) is 0 Å². The van der Waals surface area contributed by atoms with Gasteiger partial charge in [-0.05, 0) is 0 Å². The summed E-state index contributed by atoms with van der Waals surface area (Å²) in [6.45, 7) is 1.58. The number of hydrogen-bond acceptors (Lipinski definition) is 2. The molecule has 0 aliphatic rings. The standard InChI is InChI=1S/C6H6N2O3/c1-4-2-7-5(6(9)10)3-8(4)11/h2-3H,1H3,(H-,7,9,10,11)/p+1. The molecule has 1 aromatic heterocycles. The van der Waals surface area contributed by atoms with E-state index in [-0.39, 0.29) is 5.69 Å². The number of aromatic nitrogens is 2. The number of aromatic amines is 1. The predicted molar refractivity (Wildman–Crippen MR) is 35.9 cm³/mol. The molecule has 1 aromatic rings. The Morgan fingerprint density at radius 3 is 2.82 bits per heavy atom. The first-order valence-corrected chi connectivity index (χ1v) is 2.96. The van der Waals surface area contributed by atoms with Crippen molar-refractivity contribution in [3.63, 3.8) is 0 Å². The second kappa shape index (κ2) is 2.53. The first-order valence-electron chi connectivity index (χ1n) is 2.96. The quantitative estimate of drug-likeness (QED) is 0.557. The van der Waals surface area contributed by atoms with Gasteiger partial charge in [0.2, 0.25) is 0 Å². The van der Waals surface area contributed by atoms with Crippen molar-refractivity contribution in [2.45, 2.75) is 6.92 Å². The number of aromatic carboxylic acids is 1. The molecule has 1 rings (SSSR count). The summed E-state index contributed by atoms with van der Waals surface area (Å²) in [6.07, 6.45) is 2.33. The predicted octanol–water partition coefficient (Wildman–Crippen LogP) is -0.0642. The summed E-state index contributed by atoms with van der Waals surface area (Å²) >= 11 is 0. The first-order chi connectivity index (χ1) is 5.11. The highest BCUT2D eigenvalue weighted by Gasteiger charge is 2.09. The van der Waals surface area contributed by atoms with E-state index in [1.165, 1.54) is 6.20 Å². The highest BCUT2D eigenvalue weighted by molar-refractivity contribution is 5.84. The van der Waals surface area contributed by atoms with Crippen LogP contribution in [0.3, 0.4) is 0 Å². The lowest BCUT2D eigenvalue weighted by Crippen LogP contribution is -2.21. The Bertz CT molecular complexity index is 342. The fourth-order valence-electron chi connectivity index (χ4n) is 0.619. The fourth-order valence-corrected chi connectivity index (χ4v) is 0.619. The second-order valence-corrected chi connectivity index (χ2v) is 2.10. The van der Waals surface area contributed by atoms with Gasteiger partial charge in [-0.3, -0.25) is 0 Å². The van der Waals surface area contributed by atoms with E-state index >= 15 is 0 Å². The molecule has 5 heteroatoms. The van der Waals surface area contributed by atoms with Crippen LogP contribution < -0.4 is 4.43 Å². The van der Waals surface area contributed by atoms with Crippen LogP contribution in [0.4, 0.5) is 0 Å². The van der Waals surface area contributed by atoms with Crippen molar-refractivity contribution in [1.82, 2.24) is 4.98 Å². The monoisotopic (exact) mass is 155 g/mol. The van der Waals surface area contributed by atoms with E-state index in [0.717, 1.165) is 6.20 Å². The average Bonchev–Trinajstić information content (AvgIpc) is 1.94. The zero-order valence-electron chi connectivity index (χ0n) is 5.87. The molecule has 0 fully saturated rings. The zero-order valence-corrected chi connectivity index (χ0v) is 5.87. The normalized spacial score (nSPS) is 9.55. The van der Waals surface area contributed by atoms with Gasteiger partial charge in [-0.25, -0.2) is 4.79 Å². The van der Waals surface area contributed by atoms with Gasteiger partial charge in [-0.15, -0.1) is 0 Å². The zero-order chi connectivity index (χ0) is 8.43. The molecule has 2 N–H and O–H groups in total. The Morgan fingerprint density at radius 2 is 2.36 bits per heavy atom. The highest BCUT2D eigenvalue weighted by Crippen LogP contribution is 1.89. The van der Waals surface area contributed by atoms with Crippen LogP contribution in [0.2, 0.25) is 0 Å². The lowest BCUT2D eigenvalue weighted by atomic mass is 10.4. The van der Waals surface area contributed by atoms with E-state index in [9.17, 15) is 9.70 Å². The molecule has 0 unspecified atom stereocenters. The highest BCUT2D eigenvalue weighted by atomic mass is 16.4. The maximum Gasteiger partial charge on any atom is 0.358 e. The van der Waals surface area contributed by atoms with Crippen molar-refractivity contribution in [3.8, 4) is 0 Å². The number of H-pyrrole nitrogens is 1. The molecule has 0 radical (unpaired) electrons. The van der Waals surface area contributed by atoms with E-state index < -0.39 is 5.97 Å². The maximum absolute atomic E-state index is 10.8.